The predicted molar refractivity (Wildman–Crippen MR) is 54.4 cm³/mol. The highest BCUT2D eigenvalue weighted by Crippen LogP contribution is 2.38. The van der Waals surface area contributed by atoms with Gasteiger partial charge in [-0.1, -0.05) is 29.3 Å². The number of halogens is 2. The smallest absolute Gasteiger partial charge is 0.0609 e. The maximum atomic E-state index is 9.45. The van der Waals surface area contributed by atoms with E-state index in [4.69, 9.17) is 23.2 Å². The van der Waals surface area contributed by atoms with Crippen LogP contribution in [0.1, 0.15) is 24.3 Å². The molecule has 0 spiro atoms. The highest BCUT2D eigenvalue weighted by atomic mass is 35.5. The van der Waals surface area contributed by atoms with Crippen LogP contribution in [0, 0.1) is 0 Å². The summed E-state index contributed by atoms with van der Waals surface area (Å²) in [7, 11) is 0. The van der Waals surface area contributed by atoms with Gasteiger partial charge in [-0.15, -0.1) is 0 Å². The molecule has 70 valence electrons. The maximum Gasteiger partial charge on any atom is 0.0609 e. The zero-order valence-electron chi connectivity index (χ0n) is 7.00. The third-order valence-corrected chi connectivity index (χ3v) is 3.35. The van der Waals surface area contributed by atoms with Gasteiger partial charge in [0.15, 0.2) is 0 Å². The fourth-order valence-corrected chi connectivity index (χ4v) is 1.92. The van der Waals surface area contributed by atoms with Gasteiger partial charge in [-0.05, 0) is 30.5 Å². The molecule has 1 nitrogen and oxygen atoms in total. The minimum Gasteiger partial charge on any atom is -0.392 e. The quantitative estimate of drug-likeness (QED) is 0.765. The first-order valence-electron chi connectivity index (χ1n) is 4.31. The van der Waals surface area contributed by atoms with Crippen LogP contribution < -0.4 is 0 Å². The van der Waals surface area contributed by atoms with E-state index >= 15 is 0 Å². The lowest BCUT2D eigenvalue weighted by molar-refractivity contribution is 0.0661. The van der Waals surface area contributed by atoms with Crippen molar-refractivity contribution in [3.63, 3.8) is 0 Å². The second-order valence-corrected chi connectivity index (χ2v) is 4.24. The summed E-state index contributed by atoms with van der Waals surface area (Å²) in [6.07, 6.45) is 1.74. The molecule has 0 amide bonds. The van der Waals surface area contributed by atoms with Gasteiger partial charge < -0.3 is 5.11 Å². The zero-order chi connectivity index (χ0) is 9.42. The summed E-state index contributed by atoms with van der Waals surface area (Å²) in [5.41, 5.74) is 1.09. The van der Waals surface area contributed by atoms with E-state index in [0.717, 1.165) is 18.4 Å². The van der Waals surface area contributed by atoms with Crippen LogP contribution in [0.3, 0.4) is 0 Å². The van der Waals surface area contributed by atoms with E-state index in [1.54, 1.807) is 6.07 Å². The summed E-state index contributed by atoms with van der Waals surface area (Å²) in [6, 6.07) is 5.56. The van der Waals surface area contributed by atoms with Gasteiger partial charge in [-0.2, -0.15) is 0 Å². The molecule has 2 rings (SSSR count). The molecule has 2 atom stereocenters. The number of hydrogen-bond acceptors (Lipinski definition) is 1. The van der Waals surface area contributed by atoms with E-state index in [1.807, 2.05) is 12.1 Å². The van der Waals surface area contributed by atoms with Crippen molar-refractivity contribution in [2.75, 3.05) is 0 Å². The van der Waals surface area contributed by atoms with E-state index < -0.39 is 0 Å². The lowest BCUT2D eigenvalue weighted by atomic mass is 9.77. The third-order valence-electron chi connectivity index (χ3n) is 2.61. The molecule has 0 heterocycles. The molecule has 3 heteroatoms. The van der Waals surface area contributed by atoms with Crippen LogP contribution in [0.15, 0.2) is 18.2 Å². The minimum absolute atomic E-state index is 0.197. The van der Waals surface area contributed by atoms with Gasteiger partial charge in [0.25, 0.3) is 0 Å². The van der Waals surface area contributed by atoms with E-state index in [-0.39, 0.29) is 12.0 Å². The standard InChI is InChI=1S/C10H10Cl2O/c11-8-3-1-6(5-9(8)12)7-2-4-10(7)13/h1,3,5,7,10,13H,2,4H2. The average Bonchev–Trinajstić information content (AvgIpc) is 2.09. The summed E-state index contributed by atoms with van der Waals surface area (Å²) in [5.74, 6) is 0.259. The number of rotatable bonds is 1. The van der Waals surface area contributed by atoms with E-state index in [9.17, 15) is 5.11 Å². The molecule has 1 N–H and O–H groups in total. The molecule has 1 aromatic carbocycles. The topological polar surface area (TPSA) is 20.2 Å². The molecular formula is C10H10Cl2O. The van der Waals surface area contributed by atoms with Crippen molar-refractivity contribution in [2.45, 2.75) is 24.9 Å². The number of hydrogen-bond donors (Lipinski definition) is 1. The van der Waals surface area contributed by atoms with Gasteiger partial charge in [0, 0.05) is 5.92 Å². The Bertz CT molecular complexity index is 325. The fourth-order valence-electron chi connectivity index (χ4n) is 1.61. The zero-order valence-corrected chi connectivity index (χ0v) is 8.52. The van der Waals surface area contributed by atoms with Crippen molar-refractivity contribution in [3.8, 4) is 0 Å². The van der Waals surface area contributed by atoms with Crippen molar-refractivity contribution >= 4 is 23.2 Å². The molecule has 1 aromatic rings. The van der Waals surface area contributed by atoms with Gasteiger partial charge in [0.2, 0.25) is 0 Å². The minimum atomic E-state index is -0.197. The molecule has 0 aromatic heterocycles. The van der Waals surface area contributed by atoms with E-state index in [2.05, 4.69) is 0 Å². The molecule has 1 aliphatic carbocycles. The van der Waals surface area contributed by atoms with E-state index in [1.165, 1.54) is 0 Å². The second-order valence-electron chi connectivity index (χ2n) is 3.42. The normalized spacial score (nSPS) is 27.0. The Kier molecular flexibility index (Phi) is 2.50. The van der Waals surface area contributed by atoms with Crippen LogP contribution in [0.5, 0.6) is 0 Å². The molecule has 0 radical (unpaired) electrons. The molecule has 2 unspecified atom stereocenters. The van der Waals surface area contributed by atoms with Gasteiger partial charge in [0.1, 0.15) is 0 Å². The highest BCUT2D eigenvalue weighted by molar-refractivity contribution is 6.42. The molecule has 13 heavy (non-hydrogen) atoms. The lowest BCUT2D eigenvalue weighted by Crippen LogP contribution is -2.28. The molecule has 0 aliphatic heterocycles. The van der Waals surface area contributed by atoms with Gasteiger partial charge in [-0.3, -0.25) is 0 Å². The first kappa shape index (κ1) is 9.32. The van der Waals surface area contributed by atoms with Crippen molar-refractivity contribution in [1.29, 1.82) is 0 Å². The Hall–Kier alpha value is -0.240. The average molecular weight is 217 g/mol. The van der Waals surface area contributed by atoms with Crippen molar-refractivity contribution < 1.29 is 5.11 Å². The molecular weight excluding hydrogens is 207 g/mol. The van der Waals surface area contributed by atoms with Crippen LogP contribution in [0.25, 0.3) is 0 Å². The molecule has 1 aliphatic rings. The van der Waals surface area contributed by atoms with Crippen LogP contribution in [0.2, 0.25) is 10.0 Å². The van der Waals surface area contributed by atoms with Crippen LogP contribution >= 0.6 is 23.2 Å². The van der Waals surface area contributed by atoms with E-state index in [0.29, 0.717) is 10.0 Å². The summed E-state index contributed by atoms with van der Waals surface area (Å²) in [4.78, 5) is 0. The van der Waals surface area contributed by atoms with Crippen molar-refractivity contribution in [3.05, 3.63) is 33.8 Å². The first-order valence-corrected chi connectivity index (χ1v) is 5.07. The SMILES string of the molecule is OC1CCC1c1ccc(Cl)c(Cl)c1. The first-order chi connectivity index (χ1) is 6.18. The lowest BCUT2D eigenvalue weighted by Gasteiger charge is -2.32. The monoisotopic (exact) mass is 216 g/mol. The Morgan fingerprint density at radius 1 is 1.15 bits per heavy atom. The Morgan fingerprint density at radius 3 is 2.38 bits per heavy atom. The molecule has 0 bridgehead atoms. The fraction of sp³-hybridized carbons (Fsp3) is 0.400. The number of benzene rings is 1. The van der Waals surface area contributed by atoms with Crippen LogP contribution in [0.4, 0.5) is 0 Å². The Labute approximate surface area is 87.3 Å². The van der Waals surface area contributed by atoms with Gasteiger partial charge in [-0.25, -0.2) is 0 Å². The third kappa shape index (κ3) is 1.69. The maximum absolute atomic E-state index is 9.45. The molecule has 1 saturated carbocycles. The molecule has 1 fully saturated rings. The Morgan fingerprint density at radius 2 is 1.92 bits per heavy atom. The summed E-state index contributed by atoms with van der Waals surface area (Å²) >= 11 is 11.7. The predicted octanol–water partition coefficient (Wildman–Crippen LogP) is 3.23. The summed E-state index contributed by atoms with van der Waals surface area (Å²) < 4.78 is 0. The van der Waals surface area contributed by atoms with Crippen LogP contribution in [-0.2, 0) is 0 Å². The van der Waals surface area contributed by atoms with Gasteiger partial charge in [0.05, 0.1) is 16.1 Å². The summed E-state index contributed by atoms with van der Waals surface area (Å²) in [6.45, 7) is 0. The highest BCUT2D eigenvalue weighted by Gasteiger charge is 2.30. The largest absolute Gasteiger partial charge is 0.392 e. The van der Waals surface area contributed by atoms with Crippen molar-refractivity contribution in [2.24, 2.45) is 0 Å². The molecule has 0 saturated heterocycles. The number of aliphatic hydroxyl groups excluding tert-OH is 1. The van der Waals surface area contributed by atoms with Crippen LogP contribution in [-0.4, -0.2) is 11.2 Å². The number of aliphatic hydroxyl groups is 1. The Balaban J connectivity index is 2.26. The van der Waals surface area contributed by atoms with Crippen molar-refractivity contribution in [1.82, 2.24) is 0 Å². The van der Waals surface area contributed by atoms with Gasteiger partial charge >= 0.3 is 0 Å². The second kappa shape index (κ2) is 3.49. The summed E-state index contributed by atoms with van der Waals surface area (Å²) in [5, 5.41) is 10.6.